The highest BCUT2D eigenvalue weighted by Gasteiger charge is 2.59. The summed E-state index contributed by atoms with van der Waals surface area (Å²) in [4.78, 5) is 29.3. The van der Waals surface area contributed by atoms with E-state index in [-0.39, 0.29) is 11.1 Å². The van der Waals surface area contributed by atoms with Gasteiger partial charge in [-0.1, -0.05) is 76.0 Å². The molecule has 4 aliphatic carbocycles. The fourth-order valence-corrected chi connectivity index (χ4v) is 14.3. The van der Waals surface area contributed by atoms with E-state index in [2.05, 4.69) is 91.8 Å². The van der Waals surface area contributed by atoms with Crippen LogP contribution in [-0.2, 0) is 35.3 Å². The van der Waals surface area contributed by atoms with Crippen LogP contribution in [0.2, 0.25) is 19.6 Å². The average Bonchev–Trinajstić information content (AvgIpc) is 3.07. The number of rotatable bonds is 5. The van der Waals surface area contributed by atoms with Crippen molar-refractivity contribution in [2.24, 2.45) is 35.5 Å². The highest BCUT2D eigenvalue weighted by atomic mass is 28.3. The lowest BCUT2D eigenvalue weighted by molar-refractivity contribution is -0.141. The first-order chi connectivity index (χ1) is 23.6. The fraction of sp³-hybridized carbons (Fsp3) is 0.605. The van der Waals surface area contributed by atoms with Gasteiger partial charge < -0.3 is 4.90 Å². The molecular formula is C43H56N4OSi. The first kappa shape index (κ1) is 32.1. The van der Waals surface area contributed by atoms with Crippen LogP contribution in [0.15, 0.2) is 48.5 Å². The third-order valence-electron chi connectivity index (χ3n) is 14.3. The molecule has 1 aromatic carbocycles. The fourth-order valence-electron chi connectivity index (χ4n) is 12.8. The Morgan fingerprint density at radius 3 is 2.16 bits per heavy atom. The van der Waals surface area contributed by atoms with E-state index in [4.69, 9.17) is 9.97 Å². The molecule has 1 amide bonds. The molecular weight excluding hydrogens is 617 g/mol. The zero-order valence-corrected chi connectivity index (χ0v) is 31.5. The molecule has 6 aliphatic rings. The van der Waals surface area contributed by atoms with Crippen LogP contribution in [0.3, 0.4) is 0 Å². The van der Waals surface area contributed by atoms with Crippen LogP contribution < -0.4 is 5.19 Å². The van der Waals surface area contributed by atoms with Crippen LogP contribution in [0, 0.1) is 35.5 Å². The molecule has 2 saturated carbocycles. The number of carbonyl (C=O) groups is 1. The Labute approximate surface area is 295 Å². The summed E-state index contributed by atoms with van der Waals surface area (Å²) in [6.07, 6.45) is 13.2. The monoisotopic (exact) mass is 672 g/mol. The summed E-state index contributed by atoms with van der Waals surface area (Å²) < 4.78 is 0. The SMILES string of the molecule is C[C@@H]1C[C@H]2Cc3nc(-c4ccc5c(n4)C[C@@H]4C[C@@H](C)C[C@@]56[C@@H]4CCCN6Cc4ccccc4)c([Si](C)(C)C)cc3[C@@]3(C1)[C@@H]2CCCN3C=O. The van der Waals surface area contributed by atoms with Crippen molar-refractivity contribution in [2.75, 3.05) is 13.1 Å². The van der Waals surface area contributed by atoms with Crippen molar-refractivity contribution >= 4 is 19.7 Å². The van der Waals surface area contributed by atoms with Gasteiger partial charge in [0.25, 0.3) is 0 Å². The quantitative estimate of drug-likeness (QED) is 0.203. The number of piperidine rings is 2. The number of likely N-dealkylation sites (tertiary alicyclic amines) is 2. The number of hydrogen-bond acceptors (Lipinski definition) is 4. The van der Waals surface area contributed by atoms with Crippen molar-refractivity contribution in [1.82, 2.24) is 19.8 Å². The average molecular weight is 673 g/mol. The maximum Gasteiger partial charge on any atom is 0.210 e. The van der Waals surface area contributed by atoms with Gasteiger partial charge in [0.15, 0.2) is 0 Å². The molecule has 2 aromatic heterocycles. The van der Waals surface area contributed by atoms with Gasteiger partial charge in [-0.15, -0.1) is 0 Å². The normalized spacial score (nSPS) is 35.1. The molecule has 8 atom stereocenters. The Morgan fingerprint density at radius 2 is 1.47 bits per heavy atom. The zero-order valence-electron chi connectivity index (χ0n) is 30.5. The molecule has 3 aromatic rings. The summed E-state index contributed by atoms with van der Waals surface area (Å²) in [6.45, 7) is 15.4. The van der Waals surface area contributed by atoms with Gasteiger partial charge in [-0.3, -0.25) is 19.7 Å². The van der Waals surface area contributed by atoms with E-state index in [9.17, 15) is 4.79 Å². The summed E-state index contributed by atoms with van der Waals surface area (Å²) >= 11 is 0. The second kappa shape index (κ2) is 11.6. The number of amides is 1. The molecule has 4 bridgehead atoms. The number of pyridine rings is 2. The molecule has 0 unspecified atom stereocenters. The number of hydrogen-bond donors (Lipinski definition) is 0. The van der Waals surface area contributed by atoms with Crippen LogP contribution in [0.5, 0.6) is 0 Å². The van der Waals surface area contributed by atoms with Crippen LogP contribution in [-0.4, -0.2) is 47.3 Å². The van der Waals surface area contributed by atoms with Crippen LogP contribution in [0.25, 0.3) is 11.4 Å². The Hall–Kier alpha value is -2.83. The third kappa shape index (κ3) is 4.82. The van der Waals surface area contributed by atoms with Crippen molar-refractivity contribution in [2.45, 2.75) is 115 Å². The van der Waals surface area contributed by atoms with Gasteiger partial charge in [0.2, 0.25) is 6.41 Å². The van der Waals surface area contributed by atoms with Crippen molar-refractivity contribution < 1.29 is 4.79 Å². The number of aromatic nitrogens is 2. The van der Waals surface area contributed by atoms with Gasteiger partial charge in [0.05, 0.1) is 30.5 Å². The Balaban J connectivity index is 1.18. The summed E-state index contributed by atoms with van der Waals surface area (Å²) in [6, 6.07) is 18.6. The second-order valence-corrected chi connectivity index (χ2v) is 23.4. The summed E-state index contributed by atoms with van der Waals surface area (Å²) in [5, 5.41) is 1.42. The van der Waals surface area contributed by atoms with E-state index in [0.717, 1.165) is 56.1 Å². The van der Waals surface area contributed by atoms with Gasteiger partial charge in [-0.05, 0) is 134 Å². The summed E-state index contributed by atoms with van der Waals surface area (Å²) in [5.74, 6) is 3.92. The number of benzene rings is 1. The molecule has 6 heteroatoms. The van der Waals surface area contributed by atoms with Crippen LogP contribution >= 0.6 is 0 Å². The summed E-state index contributed by atoms with van der Waals surface area (Å²) in [5.41, 5.74) is 9.02. The number of fused-ring (bicyclic) bond motifs is 2. The Kier molecular flexibility index (Phi) is 7.60. The maximum absolute atomic E-state index is 12.8. The number of carbonyl (C=O) groups excluding carboxylic acids is 1. The van der Waals surface area contributed by atoms with Gasteiger partial charge in [-0.2, -0.15) is 0 Å². The molecule has 4 fully saturated rings. The van der Waals surface area contributed by atoms with Crippen molar-refractivity contribution in [3.05, 3.63) is 76.6 Å². The Bertz CT molecular complexity index is 1770. The number of nitrogens with zero attached hydrogens (tertiary/aromatic N) is 4. The second-order valence-electron chi connectivity index (χ2n) is 18.4. The molecule has 2 aliphatic heterocycles. The lowest BCUT2D eigenvalue weighted by atomic mass is 9.53. The third-order valence-corrected chi connectivity index (χ3v) is 16.3. The summed E-state index contributed by atoms with van der Waals surface area (Å²) in [7, 11) is -1.84. The first-order valence-electron chi connectivity index (χ1n) is 19.7. The smallest absolute Gasteiger partial charge is 0.210 e. The predicted molar refractivity (Wildman–Crippen MR) is 200 cm³/mol. The van der Waals surface area contributed by atoms with E-state index < -0.39 is 8.07 Å². The first-order valence-corrected chi connectivity index (χ1v) is 23.2. The van der Waals surface area contributed by atoms with Gasteiger partial charge >= 0.3 is 0 Å². The maximum atomic E-state index is 12.8. The molecule has 0 spiro atoms. The standard InChI is InChI=1S/C43H56N4OSi/c1-28-19-31-21-38-35(42(24-28)33(31)13-9-17-46(42)26-30-11-7-6-8-12-30)15-16-37(44-38)41-40(49(3,4)5)23-36-39(45-41)22-32-20-29(2)25-43(36)34(32)14-10-18-47(43)27-48/h6-8,11-12,15-16,23,27-29,31-34H,9-10,13-14,17-22,24-26H2,1-5H3/t28-,29-,31+,32+,33-,34-,42-,43-/m1/s1. The van der Waals surface area contributed by atoms with Crippen LogP contribution in [0.4, 0.5) is 0 Å². The van der Waals surface area contributed by atoms with E-state index in [1.165, 1.54) is 84.7 Å². The highest BCUT2D eigenvalue weighted by molar-refractivity contribution is 6.89. The molecule has 0 N–H and O–H groups in total. The van der Waals surface area contributed by atoms with E-state index >= 15 is 0 Å². The lowest BCUT2D eigenvalue weighted by Crippen LogP contribution is -2.62. The zero-order chi connectivity index (χ0) is 33.7. The van der Waals surface area contributed by atoms with Crippen molar-refractivity contribution in [1.29, 1.82) is 0 Å². The van der Waals surface area contributed by atoms with E-state index in [1.807, 2.05) is 0 Å². The minimum Gasteiger partial charge on any atom is -0.335 e. The molecule has 9 rings (SSSR count). The Morgan fingerprint density at radius 1 is 0.816 bits per heavy atom. The molecule has 4 heterocycles. The van der Waals surface area contributed by atoms with Crippen LogP contribution in [0.1, 0.15) is 93.3 Å². The van der Waals surface area contributed by atoms with E-state index in [0.29, 0.717) is 29.6 Å². The minimum absolute atomic E-state index is 0.0714. The van der Waals surface area contributed by atoms with E-state index in [1.54, 1.807) is 0 Å². The molecule has 2 saturated heterocycles. The predicted octanol–water partition coefficient (Wildman–Crippen LogP) is 8.06. The molecule has 49 heavy (non-hydrogen) atoms. The van der Waals surface area contributed by atoms with Gasteiger partial charge in [-0.25, -0.2) is 0 Å². The lowest BCUT2D eigenvalue weighted by Gasteiger charge is -2.61. The molecule has 258 valence electrons. The topological polar surface area (TPSA) is 49.3 Å². The van der Waals surface area contributed by atoms with Gasteiger partial charge in [0.1, 0.15) is 0 Å². The minimum atomic E-state index is -1.84. The molecule has 5 nitrogen and oxygen atoms in total. The van der Waals surface area contributed by atoms with Gasteiger partial charge in [0, 0.05) is 24.5 Å². The van der Waals surface area contributed by atoms with Crippen molar-refractivity contribution in [3.63, 3.8) is 0 Å². The van der Waals surface area contributed by atoms with Crippen molar-refractivity contribution in [3.8, 4) is 11.4 Å². The largest absolute Gasteiger partial charge is 0.335 e. The molecule has 0 radical (unpaired) electrons. The highest BCUT2D eigenvalue weighted by Crippen LogP contribution is 2.60.